The van der Waals surface area contributed by atoms with Gasteiger partial charge in [0.25, 0.3) is 0 Å². The van der Waals surface area contributed by atoms with Gasteiger partial charge in [0.2, 0.25) is 0 Å². The van der Waals surface area contributed by atoms with Crippen molar-refractivity contribution in [3.63, 3.8) is 0 Å². The van der Waals surface area contributed by atoms with E-state index in [2.05, 4.69) is 12.2 Å². The summed E-state index contributed by atoms with van der Waals surface area (Å²) in [7, 11) is 0. The van der Waals surface area contributed by atoms with Gasteiger partial charge in [0.1, 0.15) is 0 Å². The van der Waals surface area contributed by atoms with Gasteiger partial charge in [-0.3, -0.25) is 0 Å². The highest BCUT2D eigenvalue weighted by Gasteiger charge is 2.53. The van der Waals surface area contributed by atoms with E-state index in [4.69, 9.17) is 0 Å². The molecular formula is C17H31NO2. The molecule has 4 saturated carbocycles. The Morgan fingerprint density at radius 1 is 1.05 bits per heavy atom. The summed E-state index contributed by atoms with van der Waals surface area (Å²) in [5, 5.41) is 23.0. The predicted molar refractivity (Wildman–Crippen MR) is 80.4 cm³/mol. The van der Waals surface area contributed by atoms with Crippen LogP contribution in [0.4, 0.5) is 0 Å². The zero-order valence-corrected chi connectivity index (χ0v) is 13.1. The van der Waals surface area contributed by atoms with E-state index < -0.39 is 5.54 Å². The Balaban J connectivity index is 1.75. The number of aliphatic hydroxyl groups is 2. The third-order valence-electron chi connectivity index (χ3n) is 6.81. The summed E-state index contributed by atoms with van der Waals surface area (Å²) in [6.07, 6.45) is 9.26. The van der Waals surface area contributed by atoms with Gasteiger partial charge in [0, 0.05) is 6.04 Å². The van der Waals surface area contributed by atoms with Gasteiger partial charge < -0.3 is 15.5 Å². The first-order valence-electron chi connectivity index (χ1n) is 8.54. The fourth-order valence-electron chi connectivity index (χ4n) is 5.79. The Hall–Kier alpha value is -0.120. The summed E-state index contributed by atoms with van der Waals surface area (Å²) < 4.78 is 0. The summed E-state index contributed by atoms with van der Waals surface area (Å²) >= 11 is 0. The van der Waals surface area contributed by atoms with Gasteiger partial charge in [-0.05, 0) is 75.0 Å². The fourth-order valence-corrected chi connectivity index (χ4v) is 5.79. The molecule has 4 aliphatic rings. The first-order chi connectivity index (χ1) is 9.54. The second-order valence-corrected chi connectivity index (χ2v) is 8.10. The van der Waals surface area contributed by atoms with E-state index in [-0.39, 0.29) is 13.2 Å². The number of hydrogen-bond donors (Lipinski definition) is 3. The molecule has 0 radical (unpaired) electrons. The molecule has 116 valence electrons. The van der Waals surface area contributed by atoms with E-state index in [0.29, 0.717) is 11.5 Å². The average Bonchev–Trinajstić information content (AvgIpc) is 2.43. The minimum atomic E-state index is -0.497. The third kappa shape index (κ3) is 2.32. The molecule has 20 heavy (non-hydrogen) atoms. The van der Waals surface area contributed by atoms with Crippen LogP contribution in [0.15, 0.2) is 0 Å². The molecule has 4 bridgehead atoms. The van der Waals surface area contributed by atoms with Gasteiger partial charge in [-0.25, -0.2) is 0 Å². The molecule has 0 saturated heterocycles. The Bertz CT molecular complexity index is 307. The molecule has 1 atom stereocenters. The topological polar surface area (TPSA) is 52.5 Å². The Kier molecular flexibility index (Phi) is 3.89. The zero-order valence-electron chi connectivity index (χ0n) is 13.1. The van der Waals surface area contributed by atoms with Crippen LogP contribution in [-0.4, -0.2) is 35.0 Å². The molecular weight excluding hydrogens is 250 g/mol. The van der Waals surface area contributed by atoms with E-state index in [0.717, 1.165) is 24.2 Å². The van der Waals surface area contributed by atoms with E-state index in [1.54, 1.807) is 0 Å². The van der Waals surface area contributed by atoms with Crippen molar-refractivity contribution in [1.82, 2.24) is 5.32 Å². The average molecular weight is 281 g/mol. The van der Waals surface area contributed by atoms with E-state index in [1.165, 1.54) is 38.5 Å². The van der Waals surface area contributed by atoms with Gasteiger partial charge in [0.15, 0.2) is 0 Å². The van der Waals surface area contributed by atoms with Crippen molar-refractivity contribution in [3.05, 3.63) is 0 Å². The highest BCUT2D eigenvalue weighted by molar-refractivity contribution is 5.06. The normalized spacial score (nSPS) is 41.1. The van der Waals surface area contributed by atoms with Crippen LogP contribution < -0.4 is 5.32 Å². The van der Waals surface area contributed by atoms with Gasteiger partial charge in [-0.2, -0.15) is 0 Å². The molecule has 3 N–H and O–H groups in total. The third-order valence-corrected chi connectivity index (χ3v) is 6.81. The van der Waals surface area contributed by atoms with Crippen molar-refractivity contribution < 1.29 is 10.2 Å². The van der Waals surface area contributed by atoms with Gasteiger partial charge in [-0.15, -0.1) is 0 Å². The molecule has 0 aromatic carbocycles. The lowest BCUT2D eigenvalue weighted by atomic mass is 9.48. The second-order valence-electron chi connectivity index (χ2n) is 8.10. The quantitative estimate of drug-likeness (QED) is 0.700. The van der Waals surface area contributed by atoms with Crippen LogP contribution in [0.3, 0.4) is 0 Å². The van der Waals surface area contributed by atoms with Crippen LogP contribution in [0.25, 0.3) is 0 Å². The molecule has 1 unspecified atom stereocenters. The van der Waals surface area contributed by atoms with E-state index in [1.807, 2.05) is 6.92 Å². The summed E-state index contributed by atoms with van der Waals surface area (Å²) in [4.78, 5) is 0. The second kappa shape index (κ2) is 5.26. The molecule has 4 rings (SSSR count). The SMILES string of the molecule is CCC(CO)(CO)NC(C)C12CC3CC(CC(C3)C1)C2. The summed E-state index contributed by atoms with van der Waals surface area (Å²) in [5.41, 5.74) is -0.0672. The fraction of sp³-hybridized carbons (Fsp3) is 1.00. The van der Waals surface area contributed by atoms with Crippen LogP contribution in [0.2, 0.25) is 0 Å². The highest BCUT2D eigenvalue weighted by atomic mass is 16.3. The highest BCUT2D eigenvalue weighted by Crippen LogP contribution is 2.61. The molecule has 4 aliphatic carbocycles. The number of rotatable bonds is 6. The van der Waals surface area contributed by atoms with Crippen molar-refractivity contribution in [2.24, 2.45) is 23.2 Å². The van der Waals surface area contributed by atoms with Crippen LogP contribution in [0.5, 0.6) is 0 Å². The molecule has 3 nitrogen and oxygen atoms in total. The van der Waals surface area contributed by atoms with Crippen molar-refractivity contribution in [2.45, 2.75) is 70.4 Å². The van der Waals surface area contributed by atoms with Crippen LogP contribution in [-0.2, 0) is 0 Å². The smallest absolute Gasteiger partial charge is 0.0647 e. The monoisotopic (exact) mass is 281 g/mol. The lowest BCUT2D eigenvalue weighted by Crippen LogP contribution is -2.62. The Labute approximate surface area is 123 Å². The van der Waals surface area contributed by atoms with Crippen molar-refractivity contribution >= 4 is 0 Å². The number of aliphatic hydroxyl groups excluding tert-OH is 2. The first kappa shape index (κ1) is 14.8. The van der Waals surface area contributed by atoms with Crippen molar-refractivity contribution in [1.29, 1.82) is 0 Å². The maximum Gasteiger partial charge on any atom is 0.0647 e. The molecule has 0 aromatic rings. The van der Waals surface area contributed by atoms with E-state index in [9.17, 15) is 10.2 Å². The van der Waals surface area contributed by atoms with E-state index >= 15 is 0 Å². The van der Waals surface area contributed by atoms with Crippen LogP contribution in [0.1, 0.15) is 58.8 Å². The minimum Gasteiger partial charge on any atom is -0.394 e. The predicted octanol–water partition coefficient (Wildman–Crippen LogP) is 2.31. The molecule has 0 amide bonds. The number of hydrogen-bond acceptors (Lipinski definition) is 3. The summed E-state index contributed by atoms with van der Waals surface area (Å²) in [6.45, 7) is 4.39. The molecule has 3 heteroatoms. The standard InChI is InChI=1S/C17H31NO2/c1-3-17(10-19,11-20)18-12(2)16-7-13-4-14(8-16)6-15(5-13)9-16/h12-15,18-20H,3-11H2,1-2H3. The Morgan fingerprint density at radius 2 is 1.50 bits per heavy atom. The van der Waals surface area contributed by atoms with Gasteiger partial charge >= 0.3 is 0 Å². The molecule has 0 heterocycles. The van der Waals surface area contributed by atoms with Crippen molar-refractivity contribution in [2.75, 3.05) is 13.2 Å². The van der Waals surface area contributed by atoms with Crippen LogP contribution >= 0.6 is 0 Å². The van der Waals surface area contributed by atoms with Crippen LogP contribution in [0, 0.1) is 23.2 Å². The van der Waals surface area contributed by atoms with Gasteiger partial charge in [0.05, 0.1) is 18.8 Å². The lowest BCUT2D eigenvalue weighted by Gasteiger charge is -2.60. The number of nitrogens with one attached hydrogen (secondary N) is 1. The molecule has 4 fully saturated rings. The summed E-state index contributed by atoms with van der Waals surface area (Å²) in [5.74, 6) is 2.85. The zero-order chi connectivity index (χ0) is 14.4. The maximum atomic E-state index is 9.68. The van der Waals surface area contributed by atoms with Crippen molar-refractivity contribution in [3.8, 4) is 0 Å². The molecule has 0 aromatic heterocycles. The minimum absolute atomic E-state index is 0.0245. The first-order valence-corrected chi connectivity index (χ1v) is 8.54. The molecule has 0 spiro atoms. The largest absolute Gasteiger partial charge is 0.394 e. The van der Waals surface area contributed by atoms with Gasteiger partial charge in [-0.1, -0.05) is 6.92 Å². The maximum absolute atomic E-state index is 9.68. The summed E-state index contributed by atoms with van der Waals surface area (Å²) in [6, 6.07) is 0.398. The molecule has 0 aliphatic heterocycles. The lowest BCUT2D eigenvalue weighted by molar-refractivity contribution is -0.0801. The Morgan fingerprint density at radius 3 is 1.85 bits per heavy atom.